The Balaban J connectivity index is 2.36. The normalized spacial score (nSPS) is 11.8. The Morgan fingerprint density at radius 2 is 1.82 bits per heavy atom. The minimum absolute atomic E-state index is 0.164. The molecule has 4 heteroatoms. The SMILES string of the molecule is CC(C)(C)c1ccc(-n2nncc2CN)cc1. The molecule has 1 aromatic heterocycles. The molecular formula is C13H18N4. The lowest BCUT2D eigenvalue weighted by molar-refractivity contribution is 0.590. The van der Waals surface area contributed by atoms with Crippen molar-refractivity contribution in [1.82, 2.24) is 15.0 Å². The summed E-state index contributed by atoms with van der Waals surface area (Å²) < 4.78 is 1.77. The summed E-state index contributed by atoms with van der Waals surface area (Å²) in [7, 11) is 0. The molecule has 0 aliphatic heterocycles. The van der Waals surface area contributed by atoms with E-state index in [1.807, 2.05) is 0 Å². The van der Waals surface area contributed by atoms with Crippen molar-refractivity contribution in [3.63, 3.8) is 0 Å². The maximum Gasteiger partial charge on any atom is 0.0781 e. The van der Waals surface area contributed by atoms with Gasteiger partial charge in [-0.3, -0.25) is 0 Å². The lowest BCUT2D eigenvalue weighted by atomic mass is 9.87. The van der Waals surface area contributed by atoms with E-state index in [1.54, 1.807) is 10.9 Å². The van der Waals surface area contributed by atoms with E-state index in [1.165, 1.54) is 5.56 Å². The Morgan fingerprint density at radius 3 is 2.35 bits per heavy atom. The molecule has 2 aromatic rings. The smallest absolute Gasteiger partial charge is 0.0781 e. The molecule has 4 nitrogen and oxygen atoms in total. The zero-order valence-electron chi connectivity index (χ0n) is 10.5. The Morgan fingerprint density at radius 1 is 1.18 bits per heavy atom. The molecule has 0 fully saturated rings. The number of rotatable bonds is 2. The van der Waals surface area contributed by atoms with Crippen LogP contribution in [0, 0.1) is 0 Å². The molecule has 0 aliphatic rings. The quantitative estimate of drug-likeness (QED) is 0.858. The van der Waals surface area contributed by atoms with Gasteiger partial charge < -0.3 is 5.73 Å². The van der Waals surface area contributed by atoms with Gasteiger partial charge in [-0.15, -0.1) is 5.10 Å². The van der Waals surface area contributed by atoms with Crippen LogP contribution in [0.1, 0.15) is 32.0 Å². The van der Waals surface area contributed by atoms with Crippen LogP contribution in [-0.4, -0.2) is 15.0 Å². The second-order valence-electron chi connectivity index (χ2n) is 5.14. The average molecular weight is 230 g/mol. The first-order valence-electron chi connectivity index (χ1n) is 5.73. The lowest BCUT2D eigenvalue weighted by Crippen LogP contribution is -2.11. The van der Waals surface area contributed by atoms with Gasteiger partial charge in [0.25, 0.3) is 0 Å². The van der Waals surface area contributed by atoms with Crippen LogP contribution in [0.3, 0.4) is 0 Å². The van der Waals surface area contributed by atoms with E-state index < -0.39 is 0 Å². The number of benzene rings is 1. The molecule has 17 heavy (non-hydrogen) atoms. The highest BCUT2D eigenvalue weighted by molar-refractivity contribution is 5.37. The summed E-state index contributed by atoms with van der Waals surface area (Å²) in [5.74, 6) is 0. The third kappa shape index (κ3) is 2.36. The molecule has 2 rings (SSSR count). The summed E-state index contributed by atoms with van der Waals surface area (Å²) in [6.07, 6.45) is 1.69. The largest absolute Gasteiger partial charge is 0.325 e. The van der Waals surface area contributed by atoms with E-state index in [4.69, 9.17) is 5.73 Å². The van der Waals surface area contributed by atoms with E-state index in [9.17, 15) is 0 Å². The predicted molar refractivity (Wildman–Crippen MR) is 68.0 cm³/mol. The molecule has 0 saturated heterocycles. The monoisotopic (exact) mass is 230 g/mol. The van der Waals surface area contributed by atoms with E-state index >= 15 is 0 Å². The maximum atomic E-state index is 5.63. The molecule has 1 aromatic carbocycles. The summed E-state index contributed by atoms with van der Waals surface area (Å²) in [5.41, 5.74) is 9.00. The predicted octanol–water partition coefficient (Wildman–Crippen LogP) is 2.02. The van der Waals surface area contributed by atoms with Crippen LogP contribution in [0.4, 0.5) is 0 Å². The molecule has 90 valence electrons. The summed E-state index contributed by atoms with van der Waals surface area (Å²) in [4.78, 5) is 0. The van der Waals surface area contributed by atoms with Gasteiger partial charge in [0.15, 0.2) is 0 Å². The minimum atomic E-state index is 0.164. The zero-order valence-corrected chi connectivity index (χ0v) is 10.5. The van der Waals surface area contributed by atoms with Crippen molar-refractivity contribution in [3.8, 4) is 5.69 Å². The molecule has 0 bridgehead atoms. The second-order valence-corrected chi connectivity index (χ2v) is 5.14. The van der Waals surface area contributed by atoms with Gasteiger partial charge in [-0.2, -0.15) is 0 Å². The van der Waals surface area contributed by atoms with Crippen molar-refractivity contribution in [2.24, 2.45) is 5.73 Å². The van der Waals surface area contributed by atoms with Crippen LogP contribution in [0.2, 0.25) is 0 Å². The van der Waals surface area contributed by atoms with Crippen molar-refractivity contribution in [2.45, 2.75) is 32.7 Å². The fraction of sp³-hybridized carbons (Fsp3) is 0.385. The van der Waals surface area contributed by atoms with Crippen LogP contribution < -0.4 is 5.73 Å². The van der Waals surface area contributed by atoms with E-state index in [2.05, 4.69) is 55.3 Å². The van der Waals surface area contributed by atoms with E-state index in [0.717, 1.165) is 11.4 Å². The number of hydrogen-bond acceptors (Lipinski definition) is 3. The van der Waals surface area contributed by atoms with Gasteiger partial charge >= 0.3 is 0 Å². The van der Waals surface area contributed by atoms with Crippen molar-refractivity contribution in [3.05, 3.63) is 41.7 Å². The van der Waals surface area contributed by atoms with Crippen molar-refractivity contribution < 1.29 is 0 Å². The van der Waals surface area contributed by atoms with Crippen LogP contribution in [0.15, 0.2) is 30.5 Å². The molecule has 1 heterocycles. The Kier molecular flexibility index (Phi) is 2.98. The summed E-state index contributed by atoms with van der Waals surface area (Å²) in [5, 5.41) is 7.91. The third-order valence-electron chi connectivity index (χ3n) is 2.81. The first kappa shape index (κ1) is 11.8. The topological polar surface area (TPSA) is 56.7 Å². The summed E-state index contributed by atoms with van der Waals surface area (Å²) in [6.45, 7) is 7.03. The average Bonchev–Trinajstić information content (AvgIpc) is 2.76. The molecule has 0 amide bonds. The van der Waals surface area contributed by atoms with Crippen molar-refractivity contribution >= 4 is 0 Å². The van der Waals surface area contributed by atoms with Gasteiger partial charge in [-0.1, -0.05) is 38.1 Å². The van der Waals surface area contributed by atoms with Crippen LogP contribution in [0.5, 0.6) is 0 Å². The van der Waals surface area contributed by atoms with Crippen molar-refractivity contribution in [2.75, 3.05) is 0 Å². The van der Waals surface area contributed by atoms with Gasteiger partial charge in [0.05, 0.1) is 17.6 Å². The third-order valence-corrected chi connectivity index (χ3v) is 2.81. The Bertz CT molecular complexity index is 491. The molecular weight excluding hydrogens is 212 g/mol. The summed E-state index contributed by atoms with van der Waals surface area (Å²) >= 11 is 0. The highest BCUT2D eigenvalue weighted by Gasteiger charge is 2.13. The number of hydrogen-bond donors (Lipinski definition) is 1. The van der Waals surface area contributed by atoms with Gasteiger partial charge in [-0.25, -0.2) is 4.68 Å². The van der Waals surface area contributed by atoms with E-state index in [0.29, 0.717) is 6.54 Å². The molecule has 0 saturated carbocycles. The van der Waals surface area contributed by atoms with Crippen LogP contribution >= 0.6 is 0 Å². The van der Waals surface area contributed by atoms with Gasteiger partial charge in [0.2, 0.25) is 0 Å². The number of nitrogens with two attached hydrogens (primary N) is 1. The fourth-order valence-corrected chi connectivity index (χ4v) is 1.72. The molecule has 0 radical (unpaired) electrons. The van der Waals surface area contributed by atoms with Crippen LogP contribution in [0.25, 0.3) is 5.69 Å². The summed E-state index contributed by atoms with van der Waals surface area (Å²) in [6, 6.07) is 8.34. The lowest BCUT2D eigenvalue weighted by Gasteiger charge is -2.19. The maximum absolute atomic E-state index is 5.63. The number of aromatic nitrogens is 3. The molecule has 0 aliphatic carbocycles. The van der Waals surface area contributed by atoms with Crippen molar-refractivity contribution in [1.29, 1.82) is 0 Å². The molecule has 0 unspecified atom stereocenters. The van der Waals surface area contributed by atoms with Gasteiger partial charge in [0.1, 0.15) is 0 Å². The first-order chi connectivity index (χ1) is 8.02. The molecule has 0 spiro atoms. The first-order valence-corrected chi connectivity index (χ1v) is 5.73. The standard InChI is InChI=1S/C13H18N4/c1-13(2,3)10-4-6-11(7-5-10)17-12(8-14)9-15-16-17/h4-7,9H,8,14H2,1-3H3. The fourth-order valence-electron chi connectivity index (χ4n) is 1.72. The second kappa shape index (κ2) is 4.30. The Labute approximate surface area is 101 Å². The van der Waals surface area contributed by atoms with Gasteiger partial charge in [0, 0.05) is 6.54 Å². The highest BCUT2D eigenvalue weighted by Crippen LogP contribution is 2.23. The Hall–Kier alpha value is -1.68. The zero-order chi connectivity index (χ0) is 12.5. The molecule has 2 N–H and O–H groups in total. The van der Waals surface area contributed by atoms with Crippen LogP contribution in [-0.2, 0) is 12.0 Å². The number of nitrogens with zero attached hydrogens (tertiary/aromatic N) is 3. The van der Waals surface area contributed by atoms with E-state index in [-0.39, 0.29) is 5.41 Å². The highest BCUT2D eigenvalue weighted by atomic mass is 15.4. The van der Waals surface area contributed by atoms with Gasteiger partial charge in [-0.05, 0) is 23.1 Å². The minimum Gasteiger partial charge on any atom is -0.325 e. The molecule has 0 atom stereocenters.